The Morgan fingerprint density at radius 3 is 2.23 bits per heavy atom. The van der Waals surface area contributed by atoms with Crippen LogP contribution in [0.1, 0.15) is 47.6 Å². The number of alkyl halides is 2. The fourth-order valence-corrected chi connectivity index (χ4v) is 3.52. The minimum Gasteiger partial charge on any atom is -0.399 e. The fraction of sp³-hybridized carbons (Fsp3) is 0.350. The van der Waals surface area contributed by atoms with Gasteiger partial charge in [0.05, 0.1) is 6.04 Å². The maximum absolute atomic E-state index is 13.5. The van der Waals surface area contributed by atoms with Crippen molar-refractivity contribution in [2.24, 2.45) is 5.92 Å². The molecule has 0 bridgehead atoms. The highest BCUT2D eigenvalue weighted by Crippen LogP contribution is 2.41. The Labute approximate surface area is 156 Å². The van der Waals surface area contributed by atoms with E-state index in [9.17, 15) is 13.6 Å². The molecule has 0 unspecified atom stereocenters. The standard InChI is InChI=1S/C20H21ClF2N2O/c21-16-5-1-13(2-6-16)18(14-9-11-20(22,23)12-10-14)25-19(26)15-3-7-17(24)8-4-15/h1-8,14,18H,9-12,24H2,(H,25,26)/t18-/m0/s1. The van der Waals surface area contributed by atoms with E-state index in [1.807, 2.05) is 12.1 Å². The Kier molecular flexibility index (Phi) is 5.47. The van der Waals surface area contributed by atoms with E-state index in [1.165, 1.54) is 0 Å². The topological polar surface area (TPSA) is 55.1 Å². The molecular formula is C20H21ClF2N2O. The summed E-state index contributed by atoms with van der Waals surface area (Å²) in [5.41, 5.74) is 7.59. The zero-order chi connectivity index (χ0) is 18.7. The average Bonchev–Trinajstić information content (AvgIpc) is 2.61. The number of amides is 1. The molecule has 26 heavy (non-hydrogen) atoms. The van der Waals surface area contributed by atoms with Gasteiger partial charge in [0.15, 0.2) is 0 Å². The highest BCUT2D eigenvalue weighted by molar-refractivity contribution is 6.30. The quantitative estimate of drug-likeness (QED) is 0.717. The van der Waals surface area contributed by atoms with Crippen LogP contribution in [0.2, 0.25) is 5.02 Å². The molecule has 3 N–H and O–H groups in total. The average molecular weight is 379 g/mol. The summed E-state index contributed by atoms with van der Waals surface area (Å²) in [5.74, 6) is -2.90. The first-order chi connectivity index (χ1) is 12.3. The van der Waals surface area contributed by atoms with Gasteiger partial charge >= 0.3 is 0 Å². The lowest BCUT2D eigenvalue weighted by Crippen LogP contribution is -2.37. The molecule has 0 aromatic heterocycles. The molecule has 1 aliphatic rings. The summed E-state index contributed by atoms with van der Waals surface area (Å²) in [6.45, 7) is 0. The SMILES string of the molecule is Nc1ccc(C(=O)N[C@@H](c2ccc(Cl)cc2)C2CCC(F)(F)CC2)cc1. The summed E-state index contributed by atoms with van der Waals surface area (Å²) in [6, 6.07) is 13.4. The summed E-state index contributed by atoms with van der Waals surface area (Å²) in [7, 11) is 0. The maximum atomic E-state index is 13.5. The largest absolute Gasteiger partial charge is 0.399 e. The van der Waals surface area contributed by atoms with Crippen LogP contribution in [0.25, 0.3) is 0 Å². The number of rotatable bonds is 4. The number of nitrogens with one attached hydrogen (secondary N) is 1. The van der Waals surface area contributed by atoms with Gasteiger partial charge in [-0.05, 0) is 60.7 Å². The third-order valence-corrected chi connectivity index (χ3v) is 5.17. The van der Waals surface area contributed by atoms with Gasteiger partial charge in [-0.3, -0.25) is 4.79 Å². The molecule has 0 saturated heterocycles. The molecular weight excluding hydrogens is 358 g/mol. The van der Waals surface area contributed by atoms with Crippen molar-refractivity contribution < 1.29 is 13.6 Å². The van der Waals surface area contributed by atoms with Gasteiger partial charge in [0.25, 0.3) is 5.91 Å². The number of carbonyl (C=O) groups is 1. The van der Waals surface area contributed by atoms with Gasteiger partial charge in [-0.2, -0.15) is 0 Å². The molecule has 3 rings (SSSR count). The molecule has 0 heterocycles. The Bertz CT molecular complexity index is 752. The lowest BCUT2D eigenvalue weighted by Gasteiger charge is -2.34. The molecule has 1 atom stereocenters. The van der Waals surface area contributed by atoms with Gasteiger partial charge in [0.1, 0.15) is 0 Å². The number of nitrogens with two attached hydrogens (primary N) is 1. The summed E-state index contributed by atoms with van der Waals surface area (Å²) in [6.07, 6.45) is 0.420. The van der Waals surface area contributed by atoms with Crippen molar-refractivity contribution in [3.63, 3.8) is 0 Å². The minimum atomic E-state index is -2.61. The van der Waals surface area contributed by atoms with Crippen LogP contribution in [0.4, 0.5) is 14.5 Å². The van der Waals surface area contributed by atoms with Crippen molar-refractivity contribution in [1.29, 1.82) is 0 Å². The smallest absolute Gasteiger partial charge is 0.251 e. The van der Waals surface area contributed by atoms with E-state index >= 15 is 0 Å². The summed E-state index contributed by atoms with van der Waals surface area (Å²) >= 11 is 5.96. The Morgan fingerprint density at radius 1 is 1.08 bits per heavy atom. The molecule has 2 aromatic carbocycles. The van der Waals surface area contributed by atoms with Crippen LogP contribution >= 0.6 is 11.6 Å². The molecule has 0 spiro atoms. The number of hydrogen-bond acceptors (Lipinski definition) is 2. The minimum absolute atomic E-state index is 0.0477. The van der Waals surface area contributed by atoms with Crippen LogP contribution < -0.4 is 11.1 Å². The molecule has 6 heteroatoms. The predicted molar refractivity (Wildman–Crippen MR) is 99.4 cm³/mol. The molecule has 1 aliphatic carbocycles. The van der Waals surface area contributed by atoms with Crippen molar-refractivity contribution in [1.82, 2.24) is 5.32 Å². The molecule has 0 radical (unpaired) electrons. The highest BCUT2D eigenvalue weighted by atomic mass is 35.5. The first kappa shape index (κ1) is 18.6. The van der Waals surface area contributed by atoms with E-state index in [4.69, 9.17) is 17.3 Å². The second-order valence-corrected chi connectivity index (χ2v) is 7.25. The van der Waals surface area contributed by atoms with Crippen LogP contribution in [-0.4, -0.2) is 11.8 Å². The monoisotopic (exact) mass is 378 g/mol. The van der Waals surface area contributed by atoms with Gasteiger partial charge in [0, 0.05) is 29.1 Å². The van der Waals surface area contributed by atoms with Crippen molar-refractivity contribution in [2.45, 2.75) is 37.6 Å². The zero-order valence-electron chi connectivity index (χ0n) is 14.2. The van der Waals surface area contributed by atoms with Gasteiger partial charge in [-0.25, -0.2) is 8.78 Å². The highest BCUT2D eigenvalue weighted by Gasteiger charge is 2.38. The molecule has 1 saturated carbocycles. The first-order valence-electron chi connectivity index (χ1n) is 8.64. The van der Waals surface area contributed by atoms with E-state index in [0.29, 0.717) is 29.1 Å². The Balaban J connectivity index is 1.82. The number of nitrogen functional groups attached to an aromatic ring is 1. The molecule has 1 amide bonds. The lowest BCUT2D eigenvalue weighted by molar-refractivity contribution is -0.0493. The second kappa shape index (κ2) is 7.62. The van der Waals surface area contributed by atoms with E-state index < -0.39 is 5.92 Å². The summed E-state index contributed by atoms with van der Waals surface area (Å²) in [4.78, 5) is 12.7. The Hall–Kier alpha value is -2.14. The van der Waals surface area contributed by atoms with E-state index in [1.54, 1.807) is 36.4 Å². The summed E-state index contributed by atoms with van der Waals surface area (Å²) in [5, 5.41) is 3.61. The number of carbonyl (C=O) groups excluding carboxylic acids is 1. The zero-order valence-corrected chi connectivity index (χ0v) is 15.0. The number of halogens is 3. The predicted octanol–water partition coefficient (Wildman–Crippen LogP) is 5.22. The lowest BCUT2D eigenvalue weighted by atomic mass is 9.79. The third-order valence-electron chi connectivity index (χ3n) is 4.92. The van der Waals surface area contributed by atoms with Gasteiger partial charge in [0.2, 0.25) is 5.92 Å². The molecule has 0 aliphatic heterocycles. The molecule has 2 aromatic rings. The van der Waals surface area contributed by atoms with Gasteiger partial charge < -0.3 is 11.1 Å². The normalized spacial score (nSPS) is 18.3. The van der Waals surface area contributed by atoms with Crippen molar-refractivity contribution in [3.8, 4) is 0 Å². The number of anilines is 1. The third kappa shape index (κ3) is 4.52. The molecule has 138 valence electrons. The van der Waals surface area contributed by atoms with Gasteiger partial charge in [-0.1, -0.05) is 23.7 Å². The van der Waals surface area contributed by atoms with Crippen LogP contribution in [0.3, 0.4) is 0 Å². The maximum Gasteiger partial charge on any atom is 0.251 e. The van der Waals surface area contributed by atoms with Crippen molar-refractivity contribution in [3.05, 3.63) is 64.7 Å². The number of benzene rings is 2. The Morgan fingerprint density at radius 2 is 1.65 bits per heavy atom. The number of hydrogen-bond donors (Lipinski definition) is 2. The molecule has 1 fully saturated rings. The van der Waals surface area contributed by atoms with Gasteiger partial charge in [-0.15, -0.1) is 0 Å². The summed E-state index contributed by atoms with van der Waals surface area (Å²) < 4.78 is 27.1. The second-order valence-electron chi connectivity index (χ2n) is 6.82. The fourth-order valence-electron chi connectivity index (χ4n) is 3.40. The van der Waals surface area contributed by atoms with E-state index in [0.717, 1.165) is 5.56 Å². The van der Waals surface area contributed by atoms with Crippen LogP contribution in [0.15, 0.2) is 48.5 Å². The van der Waals surface area contributed by atoms with Crippen LogP contribution in [0.5, 0.6) is 0 Å². The van der Waals surface area contributed by atoms with Crippen LogP contribution in [-0.2, 0) is 0 Å². The van der Waals surface area contributed by atoms with E-state index in [2.05, 4.69) is 5.32 Å². The molecule has 3 nitrogen and oxygen atoms in total. The van der Waals surface area contributed by atoms with Crippen molar-refractivity contribution >= 4 is 23.2 Å². The first-order valence-corrected chi connectivity index (χ1v) is 9.01. The van der Waals surface area contributed by atoms with E-state index in [-0.39, 0.29) is 30.7 Å². The van der Waals surface area contributed by atoms with Crippen molar-refractivity contribution in [2.75, 3.05) is 5.73 Å². The van der Waals surface area contributed by atoms with Crippen LogP contribution in [0, 0.1) is 5.92 Å².